The molecule has 30 heavy (non-hydrogen) atoms. The van der Waals surface area contributed by atoms with Crippen molar-refractivity contribution in [1.82, 2.24) is 14.5 Å². The molecule has 2 N–H and O–H groups in total. The van der Waals surface area contributed by atoms with Gasteiger partial charge >= 0.3 is 5.82 Å². The highest BCUT2D eigenvalue weighted by Crippen LogP contribution is 2.28. The molecule has 0 bridgehead atoms. The molecular weight excluding hydrogens is 415 g/mol. The van der Waals surface area contributed by atoms with Gasteiger partial charge in [-0.1, -0.05) is 0 Å². The Bertz CT molecular complexity index is 1130. The zero-order valence-corrected chi connectivity index (χ0v) is 16.8. The summed E-state index contributed by atoms with van der Waals surface area (Å²) in [6.45, 7) is 3.16. The highest BCUT2D eigenvalue weighted by Gasteiger charge is 2.16. The molecular formula is C18H17FN6O4S. The maximum absolute atomic E-state index is 14.3. The normalized spacial score (nSPS) is 10.6. The number of nitro groups is 1. The summed E-state index contributed by atoms with van der Waals surface area (Å²) in [5.74, 6) is -1.04. The van der Waals surface area contributed by atoms with Crippen molar-refractivity contribution in [2.45, 2.75) is 26.8 Å². The van der Waals surface area contributed by atoms with Crippen LogP contribution in [0.3, 0.4) is 0 Å². The molecule has 2 heterocycles. The predicted octanol–water partition coefficient (Wildman–Crippen LogP) is 3.35. The number of rotatable bonds is 7. The second-order valence-electron chi connectivity index (χ2n) is 6.31. The van der Waals surface area contributed by atoms with Gasteiger partial charge in [-0.15, -0.1) is 11.3 Å². The lowest BCUT2D eigenvalue weighted by atomic mass is 10.1. The predicted molar refractivity (Wildman–Crippen MR) is 109 cm³/mol. The van der Waals surface area contributed by atoms with Crippen molar-refractivity contribution >= 4 is 39.8 Å². The van der Waals surface area contributed by atoms with E-state index in [-0.39, 0.29) is 36.2 Å². The second-order valence-corrected chi connectivity index (χ2v) is 7.17. The van der Waals surface area contributed by atoms with Crippen LogP contribution in [0, 0.1) is 22.9 Å². The number of halogens is 1. The Morgan fingerprint density at radius 2 is 2.07 bits per heavy atom. The molecule has 0 aliphatic carbocycles. The monoisotopic (exact) mass is 432 g/mol. The summed E-state index contributed by atoms with van der Waals surface area (Å²) in [6, 6.07) is 4.25. The number of nitrogens with zero attached hydrogens (tertiary/aromatic N) is 4. The number of amides is 2. The summed E-state index contributed by atoms with van der Waals surface area (Å²) in [6.07, 6.45) is 1.33. The van der Waals surface area contributed by atoms with Gasteiger partial charge in [0.1, 0.15) is 12.0 Å². The van der Waals surface area contributed by atoms with Crippen molar-refractivity contribution in [2.75, 3.05) is 10.6 Å². The molecule has 0 radical (unpaired) electrons. The van der Waals surface area contributed by atoms with Crippen molar-refractivity contribution in [3.8, 4) is 11.3 Å². The van der Waals surface area contributed by atoms with Gasteiger partial charge in [-0.3, -0.25) is 9.59 Å². The fourth-order valence-electron chi connectivity index (χ4n) is 2.67. The van der Waals surface area contributed by atoms with E-state index in [2.05, 4.69) is 20.6 Å². The zero-order chi connectivity index (χ0) is 21.8. The van der Waals surface area contributed by atoms with E-state index in [0.29, 0.717) is 22.3 Å². The van der Waals surface area contributed by atoms with E-state index in [1.54, 1.807) is 18.4 Å². The van der Waals surface area contributed by atoms with E-state index >= 15 is 0 Å². The van der Waals surface area contributed by atoms with Crippen LogP contribution in [0.1, 0.15) is 19.2 Å². The topological polar surface area (TPSA) is 132 Å². The highest BCUT2D eigenvalue weighted by molar-refractivity contribution is 7.14. The van der Waals surface area contributed by atoms with Crippen molar-refractivity contribution in [1.29, 1.82) is 0 Å². The number of hydrogen-bond donors (Lipinski definition) is 2. The molecule has 0 aliphatic rings. The number of hydrogen-bond acceptors (Lipinski definition) is 7. The molecule has 0 saturated heterocycles. The Labute approximate surface area is 173 Å². The number of thiazole rings is 1. The first-order chi connectivity index (χ1) is 14.2. The molecule has 0 saturated carbocycles. The van der Waals surface area contributed by atoms with Gasteiger partial charge in [0.15, 0.2) is 5.13 Å². The molecule has 156 valence electrons. The molecule has 3 rings (SSSR count). The standard InChI is InChI=1S/C18H17FN6O4S/c1-10-20-16(25(28)29)8-24(10)6-5-17(27)23-18-22-15(9-30-18)13-4-3-12(7-14(13)19)21-11(2)26/h3-4,7-9H,5-6H2,1-2H3,(H,21,26)(H,22,23,27). The number of aromatic nitrogens is 3. The SMILES string of the molecule is CC(=O)Nc1ccc(-c2csc(NC(=O)CCn3cc([N+](=O)[O-])nc3C)n2)c(F)c1. The van der Waals surface area contributed by atoms with Crippen LogP contribution < -0.4 is 10.6 Å². The molecule has 0 unspecified atom stereocenters. The molecule has 1 aromatic carbocycles. The van der Waals surface area contributed by atoms with Crippen LogP contribution in [0.5, 0.6) is 0 Å². The van der Waals surface area contributed by atoms with Crippen LogP contribution >= 0.6 is 11.3 Å². The number of anilines is 2. The van der Waals surface area contributed by atoms with Crippen molar-refractivity contribution < 1.29 is 18.9 Å². The fraction of sp³-hybridized carbons (Fsp3) is 0.222. The molecule has 0 fully saturated rings. The van der Waals surface area contributed by atoms with Crippen LogP contribution in [0.25, 0.3) is 11.3 Å². The maximum Gasteiger partial charge on any atom is 0.381 e. The van der Waals surface area contributed by atoms with E-state index in [4.69, 9.17) is 0 Å². The zero-order valence-electron chi connectivity index (χ0n) is 16.0. The van der Waals surface area contributed by atoms with Crippen molar-refractivity contribution in [3.63, 3.8) is 0 Å². The van der Waals surface area contributed by atoms with Gasteiger partial charge in [-0.2, -0.15) is 0 Å². The summed E-state index contributed by atoms with van der Waals surface area (Å²) < 4.78 is 15.9. The van der Waals surface area contributed by atoms with E-state index in [9.17, 15) is 24.1 Å². The third-order valence-electron chi connectivity index (χ3n) is 4.05. The largest absolute Gasteiger partial charge is 0.381 e. The van der Waals surface area contributed by atoms with Crippen LogP contribution in [0.2, 0.25) is 0 Å². The van der Waals surface area contributed by atoms with E-state index in [1.165, 1.54) is 29.8 Å². The van der Waals surface area contributed by atoms with Gasteiger partial charge in [0.25, 0.3) is 0 Å². The summed E-state index contributed by atoms with van der Waals surface area (Å²) >= 11 is 1.14. The molecule has 12 heteroatoms. The van der Waals surface area contributed by atoms with Gasteiger partial charge in [-0.25, -0.2) is 9.37 Å². The van der Waals surface area contributed by atoms with Crippen LogP contribution in [-0.4, -0.2) is 31.3 Å². The van der Waals surface area contributed by atoms with Crippen LogP contribution in [0.4, 0.5) is 21.0 Å². The minimum absolute atomic E-state index is 0.0586. The van der Waals surface area contributed by atoms with Crippen LogP contribution in [-0.2, 0) is 16.1 Å². The fourth-order valence-corrected chi connectivity index (χ4v) is 3.40. The summed E-state index contributed by atoms with van der Waals surface area (Å²) in [7, 11) is 0. The van der Waals surface area contributed by atoms with Gasteiger partial charge < -0.3 is 25.3 Å². The van der Waals surface area contributed by atoms with Gasteiger partial charge in [0.05, 0.1) is 5.69 Å². The number of carbonyl (C=O) groups excluding carboxylic acids is 2. The quantitative estimate of drug-likeness (QED) is 0.435. The average Bonchev–Trinajstić information content (AvgIpc) is 3.26. The third kappa shape index (κ3) is 5.03. The lowest BCUT2D eigenvalue weighted by molar-refractivity contribution is -0.389. The second kappa shape index (κ2) is 8.78. The Hall–Kier alpha value is -3.67. The number of carbonyl (C=O) groups is 2. The molecule has 3 aromatic rings. The number of nitrogens with one attached hydrogen (secondary N) is 2. The third-order valence-corrected chi connectivity index (χ3v) is 4.80. The average molecular weight is 432 g/mol. The smallest absolute Gasteiger partial charge is 0.358 e. The Balaban J connectivity index is 1.62. The van der Waals surface area contributed by atoms with Crippen LogP contribution in [0.15, 0.2) is 29.8 Å². The van der Waals surface area contributed by atoms with E-state index in [0.717, 1.165) is 11.3 Å². The van der Waals surface area contributed by atoms with Gasteiger partial charge in [0.2, 0.25) is 17.6 Å². The summed E-state index contributed by atoms with van der Waals surface area (Å²) in [5.41, 5.74) is 0.924. The van der Waals surface area contributed by atoms with E-state index < -0.39 is 10.7 Å². The number of benzene rings is 1. The van der Waals surface area contributed by atoms with Crippen molar-refractivity contribution in [3.05, 3.63) is 51.5 Å². The Morgan fingerprint density at radius 1 is 1.30 bits per heavy atom. The maximum atomic E-state index is 14.3. The number of aryl methyl sites for hydroxylation is 2. The molecule has 2 aromatic heterocycles. The molecule has 0 aliphatic heterocycles. The van der Waals surface area contributed by atoms with Crippen molar-refractivity contribution in [2.24, 2.45) is 0 Å². The Morgan fingerprint density at radius 3 is 2.70 bits per heavy atom. The Kier molecular flexibility index (Phi) is 6.16. The lowest BCUT2D eigenvalue weighted by Gasteiger charge is -2.05. The molecule has 10 nitrogen and oxygen atoms in total. The lowest BCUT2D eigenvalue weighted by Crippen LogP contribution is -2.14. The first kappa shape index (κ1) is 21.0. The summed E-state index contributed by atoms with van der Waals surface area (Å²) in [5, 5.41) is 17.8. The first-order valence-corrected chi connectivity index (χ1v) is 9.62. The molecule has 0 spiro atoms. The first-order valence-electron chi connectivity index (χ1n) is 8.74. The minimum atomic E-state index is -0.595. The molecule has 2 amide bonds. The van der Waals surface area contributed by atoms with Gasteiger partial charge in [-0.05, 0) is 28.1 Å². The highest BCUT2D eigenvalue weighted by atomic mass is 32.1. The number of imidazole rings is 1. The van der Waals surface area contributed by atoms with Gasteiger partial charge in [0, 0.05) is 43.4 Å². The summed E-state index contributed by atoms with van der Waals surface area (Å²) in [4.78, 5) is 41.4. The minimum Gasteiger partial charge on any atom is -0.358 e. The van der Waals surface area contributed by atoms with E-state index in [1.807, 2.05) is 0 Å². The molecule has 0 atom stereocenters.